The first-order valence-electron chi connectivity index (χ1n) is 5.29. The van der Waals surface area contributed by atoms with E-state index in [1.807, 2.05) is 11.8 Å². The highest BCUT2D eigenvalue weighted by Gasteiger charge is 1.93. The van der Waals surface area contributed by atoms with Gasteiger partial charge in [0, 0.05) is 6.54 Å². The molecule has 0 aromatic carbocycles. The van der Waals surface area contributed by atoms with E-state index in [1.54, 1.807) is 0 Å². The maximum absolute atomic E-state index is 10.8. The third-order valence-corrected chi connectivity index (χ3v) is 2.89. The summed E-state index contributed by atoms with van der Waals surface area (Å²) in [4.78, 5) is 10.8. The van der Waals surface area contributed by atoms with Gasteiger partial charge in [0.1, 0.15) is 0 Å². The van der Waals surface area contributed by atoms with E-state index in [4.69, 9.17) is 0 Å². The Labute approximate surface area is 91.5 Å². The summed E-state index contributed by atoms with van der Waals surface area (Å²) in [6.07, 6.45) is 6.18. The molecule has 0 rings (SSSR count). The van der Waals surface area contributed by atoms with E-state index in [0.29, 0.717) is 0 Å². The lowest BCUT2D eigenvalue weighted by molar-refractivity contribution is -0.116. The molecule has 1 amide bonds. The minimum absolute atomic E-state index is 0.0634. The first kappa shape index (κ1) is 13.6. The number of hydrogen-bond acceptors (Lipinski definition) is 2. The van der Waals surface area contributed by atoms with Gasteiger partial charge in [-0.3, -0.25) is 4.79 Å². The quantitative estimate of drug-likeness (QED) is 0.473. The van der Waals surface area contributed by atoms with Gasteiger partial charge in [-0.25, -0.2) is 0 Å². The van der Waals surface area contributed by atoms with Gasteiger partial charge < -0.3 is 5.32 Å². The van der Waals surface area contributed by atoms with Crippen LogP contribution in [0.5, 0.6) is 0 Å². The van der Waals surface area contributed by atoms with Gasteiger partial charge in [-0.15, -0.1) is 0 Å². The first-order chi connectivity index (χ1) is 6.81. The Morgan fingerprint density at radius 2 is 2.07 bits per heavy atom. The highest BCUT2D eigenvalue weighted by Crippen LogP contribution is 2.06. The molecule has 0 bridgehead atoms. The van der Waals surface area contributed by atoms with Crippen LogP contribution in [0, 0.1) is 0 Å². The molecule has 0 spiro atoms. The van der Waals surface area contributed by atoms with Crippen molar-refractivity contribution in [3.8, 4) is 0 Å². The lowest BCUT2D eigenvalue weighted by Gasteiger charge is -2.02. The molecule has 1 N–H and O–H groups in total. The average Bonchev–Trinajstić information content (AvgIpc) is 2.21. The van der Waals surface area contributed by atoms with Crippen molar-refractivity contribution in [2.24, 2.45) is 0 Å². The van der Waals surface area contributed by atoms with Crippen LogP contribution < -0.4 is 5.32 Å². The van der Waals surface area contributed by atoms with Crippen LogP contribution in [0.2, 0.25) is 0 Å². The van der Waals surface area contributed by atoms with Gasteiger partial charge in [0.2, 0.25) is 5.91 Å². The number of hydrogen-bond donors (Lipinski definition) is 1. The van der Waals surface area contributed by atoms with Crippen LogP contribution >= 0.6 is 11.8 Å². The molecule has 0 atom stereocenters. The van der Waals surface area contributed by atoms with E-state index in [9.17, 15) is 4.79 Å². The Balaban J connectivity index is 2.99. The Hall–Kier alpha value is -0.440. The third kappa shape index (κ3) is 9.65. The van der Waals surface area contributed by atoms with Crippen molar-refractivity contribution in [3.05, 3.63) is 12.7 Å². The molecule has 0 aromatic heterocycles. The fraction of sp³-hybridized carbons (Fsp3) is 0.727. The summed E-state index contributed by atoms with van der Waals surface area (Å²) in [6, 6.07) is 0. The molecule has 0 fully saturated rings. The van der Waals surface area contributed by atoms with Gasteiger partial charge in [0.05, 0.1) is 0 Å². The second-order valence-corrected chi connectivity index (χ2v) is 4.50. The highest BCUT2D eigenvalue weighted by molar-refractivity contribution is 7.99. The first-order valence-corrected chi connectivity index (χ1v) is 6.44. The molecule has 0 aliphatic heterocycles. The summed E-state index contributed by atoms with van der Waals surface area (Å²) in [7, 11) is 0. The van der Waals surface area contributed by atoms with Crippen LogP contribution in [0.25, 0.3) is 0 Å². The molecule has 0 unspecified atom stereocenters. The lowest BCUT2D eigenvalue weighted by atomic mass is 10.2. The molecule has 0 aliphatic rings. The molecule has 14 heavy (non-hydrogen) atoms. The maximum atomic E-state index is 10.8. The molecule has 0 saturated carbocycles. The van der Waals surface area contributed by atoms with Gasteiger partial charge in [-0.2, -0.15) is 11.8 Å². The van der Waals surface area contributed by atoms with Gasteiger partial charge in [-0.05, 0) is 30.4 Å². The monoisotopic (exact) mass is 215 g/mol. The standard InChI is InChI=1S/C11H21NOS/c1-3-11(13)12-9-7-5-6-8-10-14-4-2/h3H,1,4-10H2,2H3,(H,12,13). The predicted octanol–water partition coefficient (Wildman–Crippen LogP) is 2.60. The normalized spacial score (nSPS) is 9.79. The second-order valence-electron chi connectivity index (χ2n) is 3.11. The van der Waals surface area contributed by atoms with E-state index < -0.39 is 0 Å². The molecular formula is C11H21NOS. The van der Waals surface area contributed by atoms with Crippen molar-refractivity contribution in [2.75, 3.05) is 18.1 Å². The Morgan fingerprint density at radius 3 is 2.71 bits per heavy atom. The SMILES string of the molecule is C=CC(=O)NCCCCCCSCC. The zero-order valence-electron chi connectivity index (χ0n) is 9.05. The zero-order valence-corrected chi connectivity index (χ0v) is 9.87. The maximum Gasteiger partial charge on any atom is 0.243 e. The van der Waals surface area contributed by atoms with Crippen molar-refractivity contribution < 1.29 is 4.79 Å². The second kappa shape index (κ2) is 10.6. The predicted molar refractivity (Wildman–Crippen MR) is 64.7 cm³/mol. The van der Waals surface area contributed by atoms with E-state index in [-0.39, 0.29) is 5.91 Å². The van der Waals surface area contributed by atoms with Crippen molar-refractivity contribution in [3.63, 3.8) is 0 Å². The topological polar surface area (TPSA) is 29.1 Å². The van der Waals surface area contributed by atoms with Gasteiger partial charge >= 0.3 is 0 Å². The van der Waals surface area contributed by atoms with E-state index in [1.165, 1.54) is 36.8 Å². The number of unbranched alkanes of at least 4 members (excludes halogenated alkanes) is 3. The van der Waals surface area contributed by atoms with Crippen molar-refractivity contribution >= 4 is 17.7 Å². The van der Waals surface area contributed by atoms with Crippen LogP contribution in [-0.4, -0.2) is 24.0 Å². The number of rotatable bonds is 9. The summed E-state index contributed by atoms with van der Waals surface area (Å²) in [5, 5.41) is 2.77. The number of amides is 1. The number of thioether (sulfide) groups is 1. The summed E-state index contributed by atoms with van der Waals surface area (Å²) < 4.78 is 0. The van der Waals surface area contributed by atoms with Crippen molar-refractivity contribution in [2.45, 2.75) is 32.6 Å². The van der Waals surface area contributed by atoms with E-state index in [2.05, 4.69) is 18.8 Å². The summed E-state index contributed by atoms with van der Waals surface area (Å²) in [5.74, 6) is 2.43. The van der Waals surface area contributed by atoms with Crippen LogP contribution in [0.3, 0.4) is 0 Å². The molecule has 0 saturated heterocycles. The van der Waals surface area contributed by atoms with E-state index >= 15 is 0 Å². The molecule has 0 radical (unpaired) electrons. The minimum Gasteiger partial charge on any atom is -0.353 e. The number of carbonyl (C=O) groups excluding carboxylic acids is 1. The van der Waals surface area contributed by atoms with Crippen LogP contribution in [0.15, 0.2) is 12.7 Å². The molecule has 2 nitrogen and oxygen atoms in total. The molecule has 0 aliphatic carbocycles. The molecule has 3 heteroatoms. The van der Waals surface area contributed by atoms with Crippen molar-refractivity contribution in [1.29, 1.82) is 0 Å². The molecular weight excluding hydrogens is 194 g/mol. The summed E-state index contributed by atoms with van der Waals surface area (Å²) in [5.41, 5.74) is 0. The number of nitrogens with one attached hydrogen (secondary N) is 1. The van der Waals surface area contributed by atoms with Crippen LogP contribution in [-0.2, 0) is 4.79 Å². The summed E-state index contributed by atoms with van der Waals surface area (Å²) in [6.45, 7) is 6.37. The largest absolute Gasteiger partial charge is 0.353 e. The van der Waals surface area contributed by atoms with Crippen LogP contribution in [0.4, 0.5) is 0 Å². The highest BCUT2D eigenvalue weighted by atomic mass is 32.2. The number of carbonyl (C=O) groups is 1. The lowest BCUT2D eigenvalue weighted by Crippen LogP contribution is -2.21. The van der Waals surface area contributed by atoms with Crippen molar-refractivity contribution in [1.82, 2.24) is 5.32 Å². The molecule has 0 aromatic rings. The minimum atomic E-state index is -0.0634. The summed E-state index contributed by atoms with van der Waals surface area (Å²) >= 11 is 2.00. The fourth-order valence-corrected chi connectivity index (χ4v) is 1.81. The Morgan fingerprint density at radius 1 is 1.36 bits per heavy atom. The molecule has 82 valence electrons. The van der Waals surface area contributed by atoms with Crippen LogP contribution in [0.1, 0.15) is 32.6 Å². The van der Waals surface area contributed by atoms with Gasteiger partial charge in [0.25, 0.3) is 0 Å². The van der Waals surface area contributed by atoms with E-state index in [0.717, 1.165) is 13.0 Å². The fourth-order valence-electron chi connectivity index (χ4n) is 1.11. The van der Waals surface area contributed by atoms with Gasteiger partial charge in [0.15, 0.2) is 0 Å². The average molecular weight is 215 g/mol. The smallest absolute Gasteiger partial charge is 0.243 e. The van der Waals surface area contributed by atoms with Gasteiger partial charge in [-0.1, -0.05) is 26.3 Å². The Kier molecular flexibility index (Phi) is 10.3. The Bertz CT molecular complexity index is 159. The molecule has 0 heterocycles. The zero-order chi connectivity index (χ0) is 10.6. The third-order valence-electron chi connectivity index (χ3n) is 1.90.